The van der Waals surface area contributed by atoms with Crippen molar-refractivity contribution < 1.29 is 4.74 Å². The maximum Gasteiger partial charge on any atom is 0.199 e. The monoisotopic (exact) mass is 430 g/mol. The smallest absolute Gasteiger partial charge is 0.199 e. The number of likely N-dealkylation sites (tertiary alicyclic amines) is 1. The van der Waals surface area contributed by atoms with Crippen molar-refractivity contribution >= 4 is 11.6 Å². The summed E-state index contributed by atoms with van der Waals surface area (Å²) in [6.45, 7) is 9.09. The van der Waals surface area contributed by atoms with Crippen LogP contribution in [0, 0.1) is 5.92 Å². The Morgan fingerprint density at radius 2 is 1.65 bits per heavy atom. The van der Waals surface area contributed by atoms with E-state index in [1.165, 1.54) is 57.8 Å². The number of nitrogens with zero attached hydrogens (tertiary/aromatic N) is 2. The molecule has 0 aromatic heterocycles. The van der Waals surface area contributed by atoms with Crippen LogP contribution in [0.5, 0.6) is 5.75 Å². The number of nitrogens with one attached hydrogen (secondary N) is 1. The van der Waals surface area contributed by atoms with E-state index in [0.29, 0.717) is 6.54 Å². The average molecular weight is 431 g/mol. The summed E-state index contributed by atoms with van der Waals surface area (Å²) < 4.78 is 5.93. The molecular weight excluding hydrogens is 384 g/mol. The highest BCUT2D eigenvalue weighted by Gasteiger charge is 2.18. The second-order valence-electron chi connectivity index (χ2n) is 8.99. The second kappa shape index (κ2) is 16.0. The third-order valence-electron chi connectivity index (χ3n) is 6.09. The molecule has 5 heteroatoms. The lowest BCUT2D eigenvalue weighted by molar-refractivity contribution is 0.274. The number of aliphatic imine (C=N–C) groups is 1. The molecule has 3 N–H and O–H groups in total. The van der Waals surface area contributed by atoms with E-state index < -0.39 is 0 Å². The van der Waals surface area contributed by atoms with Gasteiger partial charge in [-0.3, -0.25) is 0 Å². The molecule has 2 rings (SSSR count). The van der Waals surface area contributed by atoms with Crippen molar-refractivity contribution in [2.24, 2.45) is 16.6 Å². The summed E-state index contributed by atoms with van der Waals surface area (Å²) in [5.74, 6) is 2.72. The van der Waals surface area contributed by atoms with Crippen molar-refractivity contribution in [1.82, 2.24) is 10.2 Å². The number of piperidine rings is 1. The lowest BCUT2D eigenvalue weighted by Crippen LogP contribution is -2.45. The Bertz CT molecular complexity index is 594. The quantitative estimate of drug-likeness (QED) is 0.220. The average Bonchev–Trinajstić information content (AvgIpc) is 2.79. The molecule has 1 aromatic carbocycles. The first kappa shape index (κ1) is 25.5. The van der Waals surface area contributed by atoms with Gasteiger partial charge < -0.3 is 20.7 Å². The first-order valence-corrected chi connectivity index (χ1v) is 12.7. The van der Waals surface area contributed by atoms with Crippen LogP contribution in [0.1, 0.15) is 84.5 Å². The molecule has 1 aliphatic heterocycles. The van der Waals surface area contributed by atoms with E-state index in [1.807, 2.05) is 12.1 Å². The summed E-state index contributed by atoms with van der Waals surface area (Å²) in [5, 5.41) is 3.50. The largest absolute Gasteiger partial charge is 0.494 e. The van der Waals surface area contributed by atoms with Crippen molar-refractivity contribution in [2.75, 3.05) is 32.8 Å². The fraction of sp³-hybridized carbons (Fsp3) is 0.731. The number of nitrogens with two attached hydrogens (primary N) is 1. The molecule has 1 saturated heterocycles. The van der Waals surface area contributed by atoms with E-state index in [1.54, 1.807) is 0 Å². The van der Waals surface area contributed by atoms with Gasteiger partial charge in [-0.25, -0.2) is 4.99 Å². The molecule has 0 radical (unpaired) electrons. The summed E-state index contributed by atoms with van der Waals surface area (Å²) in [4.78, 5) is 7.28. The van der Waals surface area contributed by atoms with E-state index in [-0.39, 0.29) is 0 Å². The SMILES string of the molecule is CCCCCCCCCCOc1ccc(/N=C(/NCCCN)N2CCC(C)CC2)cc1. The van der Waals surface area contributed by atoms with Crippen molar-refractivity contribution in [2.45, 2.75) is 84.5 Å². The van der Waals surface area contributed by atoms with Gasteiger partial charge in [0.1, 0.15) is 5.75 Å². The molecule has 0 unspecified atom stereocenters. The van der Waals surface area contributed by atoms with Crippen molar-refractivity contribution in [1.29, 1.82) is 0 Å². The fourth-order valence-corrected chi connectivity index (χ4v) is 3.91. The van der Waals surface area contributed by atoms with Gasteiger partial charge in [0.05, 0.1) is 12.3 Å². The molecule has 0 bridgehead atoms. The number of hydrogen-bond donors (Lipinski definition) is 2. The van der Waals surface area contributed by atoms with Gasteiger partial charge in [0, 0.05) is 19.6 Å². The highest BCUT2D eigenvalue weighted by atomic mass is 16.5. The number of hydrogen-bond acceptors (Lipinski definition) is 3. The lowest BCUT2D eigenvalue weighted by Gasteiger charge is -2.33. The van der Waals surface area contributed by atoms with Gasteiger partial charge in [-0.05, 0) is 62.4 Å². The minimum atomic E-state index is 0.697. The number of guanidine groups is 1. The Labute approximate surface area is 190 Å². The molecule has 176 valence electrons. The zero-order valence-electron chi connectivity index (χ0n) is 20.1. The van der Waals surface area contributed by atoms with Gasteiger partial charge in [0.25, 0.3) is 0 Å². The van der Waals surface area contributed by atoms with Crippen molar-refractivity contribution in [3.8, 4) is 5.75 Å². The third kappa shape index (κ3) is 10.9. The molecule has 31 heavy (non-hydrogen) atoms. The van der Waals surface area contributed by atoms with Gasteiger partial charge in [0.2, 0.25) is 0 Å². The van der Waals surface area contributed by atoms with Crippen molar-refractivity contribution in [3.63, 3.8) is 0 Å². The van der Waals surface area contributed by atoms with Crippen LogP contribution in [0.2, 0.25) is 0 Å². The topological polar surface area (TPSA) is 62.9 Å². The summed E-state index contributed by atoms with van der Waals surface area (Å²) in [5.41, 5.74) is 6.63. The Morgan fingerprint density at radius 1 is 1.00 bits per heavy atom. The van der Waals surface area contributed by atoms with Gasteiger partial charge in [-0.1, -0.05) is 58.8 Å². The molecular formula is C26H46N4O. The molecule has 0 atom stereocenters. The summed E-state index contributed by atoms with van der Waals surface area (Å²) in [6, 6.07) is 8.19. The molecule has 1 aliphatic rings. The minimum absolute atomic E-state index is 0.697. The zero-order valence-corrected chi connectivity index (χ0v) is 20.1. The Morgan fingerprint density at radius 3 is 2.29 bits per heavy atom. The van der Waals surface area contributed by atoms with Crippen LogP contribution in [-0.2, 0) is 0 Å². The van der Waals surface area contributed by atoms with E-state index in [2.05, 4.69) is 36.2 Å². The van der Waals surface area contributed by atoms with Crippen LogP contribution < -0.4 is 15.8 Å². The van der Waals surface area contributed by atoms with Crippen LogP contribution in [0.15, 0.2) is 29.3 Å². The van der Waals surface area contributed by atoms with E-state index >= 15 is 0 Å². The first-order valence-electron chi connectivity index (χ1n) is 12.7. The summed E-state index contributed by atoms with van der Waals surface area (Å²) >= 11 is 0. The highest BCUT2D eigenvalue weighted by Crippen LogP contribution is 2.21. The van der Waals surface area contributed by atoms with E-state index in [9.17, 15) is 0 Å². The number of unbranched alkanes of at least 4 members (excludes halogenated alkanes) is 7. The number of rotatable bonds is 14. The fourth-order valence-electron chi connectivity index (χ4n) is 3.91. The predicted molar refractivity (Wildman–Crippen MR) is 133 cm³/mol. The minimum Gasteiger partial charge on any atom is -0.494 e. The number of benzene rings is 1. The maximum absolute atomic E-state index is 5.93. The zero-order chi connectivity index (χ0) is 22.2. The van der Waals surface area contributed by atoms with Crippen LogP contribution >= 0.6 is 0 Å². The Balaban J connectivity index is 1.76. The van der Waals surface area contributed by atoms with E-state index in [4.69, 9.17) is 15.5 Å². The maximum atomic E-state index is 5.93. The van der Waals surface area contributed by atoms with Crippen molar-refractivity contribution in [3.05, 3.63) is 24.3 Å². The van der Waals surface area contributed by atoms with Gasteiger partial charge in [-0.2, -0.15) is 0 Å². The van der Waals surface area contributed by atoms with Crippen LogP contribution in [0.3, 0.4) is 0 Å². The molecule has 0 aliphatic carbocycles. The van der Waals surface area contributed by atoms with Gasteiger partial charge >= 0.3 is 0 Å². The van der Waals surface area contributed by atoms with Crippen LogP contribution in [-0.4, -0.2) is 43.6 Å². The molecule has 1 fully saturated rings. The molecule has 1 heterocycles. The molecule has 0 spiro atoms. The summed E-state index contributed by atoms with van der Waals surface area (Å²) in [6.07, 6.45) is 14.0. The first-order chi connectivity index (χ1) is 15.2. The molecule has 5 nitrogen and oxygen atoms in total. The standard InChI is InChI=1S/C26H46N4O/c1-3-4-5-6-7-8-9-10-22-31-25-14-12-24(13-15-25)29-26(28-19-11-18-27)30-20-16-23(2)17-21-30/h12-15,23H,3-11,16-22,27H2,1-2H3,(H,28,29). The molecule has 0 amide bonds. The normalized spacial score (nSPS) is 15.3. The highest BCUT2D eigenvalue weighted by molar-refractivity contribution is 5.82. The predicted octanol–water partition coefficient (Wildman–Crippen LogP) is 5.86. The van der Waals surface area contributed by atoms with Gasteiger partial charge in [0.15, 0.2) is 5.96 Å². The third-order valence-corrected chi connectivity index (χ3v) is 6.09. The van der Waals surface area contributed by atoms with Crippen LogP contribution in [0.25, 0.3) is 0 Å². The lowest BCUT2D eigenvalue weighted by atomic mass is 9.99. The van der Waals surface area contributed by atoms with Gasteiger partial charge in [-0.15, -0.1) is 0 Å². The van der Waals surface area contributed by atoms with Crippen LogP contribution in [0.4, 0.5) is 5.69 Å². The van der Waals surface area contributed by atoms with E-state index in [0.717, 1.165) is 62.4 Å². The number of ether oxygens (including phenoxy) is 1. The second-order valence-corrected chi connectivity index (χ2v) is 8.99. The summed E-state index contributed by atoms with van der Waals surface area (Å²) in [7, 11) is 0. The molecule has 0 saturated carbocycles. The Kier molecular flexibility index (Phi) is 13.1. The Hall–Kier alpha value is -1.75. The molecule has 1 aromatic rings.